The molecule has 7 heteroatoms. The number of rotatable bonds is 4. The normalized spacial score (nSPS) is 20.0. The summed E-state index contributed by atoms with van der Waals surface area (Å²) in [7, 11) is 0. The van der Waals surface area contributed by atoms with Crippen LogP contribution < -0.4 is 5.73 Å². The van der Waals surface area contributed by atoms with Crippen molar-refractivity contribution in [2.24, 2.45) is 11.7 Å². The van der Waals surface area contributed by atoms with Crippen LogP contribution in [-0.2, 0) is 6.54 Å². The monoisotopic (exact) mass is 356 g/mol. The van der Waals surface area contributed by atoms with Gasteiger partial charge in [-0.1, -0.05) is 28.9 Å². The summed E-state index contributed by atoms with van der Waals surface area (Å²) >= 11 is 6.00. The molecular weight excluding hydrogens is 335 g/mol. The third-order valence-corrected chi connectivity index (χ3v) is 4.43. The summed E-state index contributed by atoms with van der Waals surface area (Å²) in [6.07, 6.45) is 2.37. The van der Waals surface area contributed by atoms with E-state index >= 15 is 0 Å². The van der Waals surface area contributed by atoms with Crippen LogP contribution in [-0.4, -0.2) is 34.2 Å². The molecule has 126 valence electrons. The minimum absolute atomic E-state index is 0. The number of aromatic nitrogens is 2. The third kappa shape index (κ3) is 4.67. The largest absolute Gasteiger partial charge is 0.338 e. The molecule has 1 aromatic carbocycles. The average Bonchev–Trinajstić information content (AvgIpc) is 2.96. The molecule has 5 nitrogen and oxygen atoms in total. The van der Waals surface area contributed by atoms with E-state index in [0.29, 0.717) is 29.2 Å². The van der Waals surface area contributed by atoms with Gasteiger partial charge in [0, 0.05) is 23.2 Å². The number of halogens is 2. The second kappa shape index (κ2) is 8.11. The Bertz CT molecular complexity index is 632. The van der Waals surface area contributed by atoms with Crippen LogP contribution in [0.25, 0.3) is 11.4 Å². The van der Waals surface area contributed by atoms with Crippen LogP contribution in [0.5, 0.6) is 0 Å². The zero-order valence-electron chi connectivity index (χ0n) is 13.1. The molecule has 1 aromatic heterocycles. The van der Waals surface area contributed by atoms with Gasteiger partial charge < -0.3 is 10.3 Å². The highest BCUT2D eigenvalue weighted by Gasteiger charge is 2.24. The van der Waals surface area contributed by atoms with Gasteiger partial charge in [-0.15, -0.1) is 12.4 Å². The average molecular weight is 357 g/mol. The molecule has 2 unspecified atom stereocenters. The molecule has 1 aliphatic heterocycles. The van der Waals surface area contributed by atoms with E-state index in [0.717, 1.165) is 18.7 Å². The zero-order chi connectivity index (χ0) is 15.5. The Balaban J connectivity index is 0.00000192. The summed E-state index contributed by atoms with van der Waals surface area (Å²) in [5.41, 5.74) is 6.90. The predicted octanol–water partition coefficient (Wildman–Crippen LogP) is 3.37. The van der Waals surface area contributed by atoms with Gasteiger partial charge in [-0.25, -0.2) is 0 Å². The second-order valence-electron chi connectivity index (χ2n) is 6.02. The van der Waals surface area contributed by atoms with Crippen molar-refractivity contribution < 1.29 is 4.52 Å². The van der Waals surface area contributed by atoms with Gasteiger partial charge in [0.2, 0.25) is 11.7 Å². The van der Waals surface area contributed by atoms with Gasteiger partial charge in [0.15, 0.2) is 0 Å². The number of nitrogens with two attached hydrogens (primary N) is 1. The predicted molar refractivity (Wildman–Crippen MR) is 93.6 cm³/mol. The molecule has 3 rings (SSSR count). The van der Waals surface area contributed by atoms with Crippen molar-refractivity contribution in [3.05, 3.63) is 35.2 Å². The van der Waals surface area contributed by atoms with E-state index in [1.54, 1.807) is 0 Å². The summed E-state index contributed by atoms with van der Waals surface area (Å²) in [5.74, 6) is 1.77. The van der Waals surface area contributed by atoms with Crippen LogP contribution in [0.1, 0.15) is 25.7 Å². The van der Waals surface area contributed by atoms with Crippen LogP contribution >= 0.6 is 24.0 Å². The van der Waals surface area contributed by atoms with E-state index in [2.05, 4.69) is 22.0 Å². The summed E-state index contributed by atoms with van der Waals surface area (Å²) in [6, 6.07) is 7.70. The lowest BCUT2D eigenvalue weighted by atomic mass is 9.92. The van der Waals surface area contributed by atoms with Crippen LogP contribution in [0.3, 0.4) is 0 Å². The van der Waals surface area contributed by atoms with E-state index in [1.165, 1.54) is 12.8 Å². The molecule has 0 spiro atoms. The van der Waals surface area contributed by atoms with E-state index in [4.69, 9.17) is 21.9 Å². The molecule has 1 aliphatic rings. The Morgan fingerprint density at radius 2 is 2.30 bits per heavy atom. The lowest BCUT2D eigenvalue weighted by Crippen LogP contribution is -2.41. The maximum atomic E-state index is 6.03. The SMILES string of the molecule is CC(N)C1CCCN(Cc2nc(-c3cccc(Cl)c3)no2)C1.Cl. The molecule has 0 saturated carbocycles. The molecule has 0 radical (unpaired) electrons. The van der Waals surface area contributed by atoms with Crippen molar-refractivity contribution in [1.82, 2.24) is 15.0 Å². The van der Waals surface area contributed by atoms with E-state index in [9.17, 15) is 0 Å². The van der Waals surface area contributed by atoms with Crippen molar-refractivity contribution in [2.75, 3.05) is 13.1 Å². The van der Waals surface area contributed by atoms with Crippen LogP contribution in [0.2, 0.25) is 5.02 Å². The maximum Gasteiger partial charge on any atom is 0.241 e. The standard InChI is InChI=1S/C16H21ClN4O.ClH/c1-11(18)13-5-3-7-21(9-13)10-15-19-16(20-22-15)12-4-2-6-14(17)8-12;/h2,4,6,8,11,13H,3,5,7,9-10,18H2,1H3;1H. The Labute approximate surface area is 147 Å². The maximum absolute atomic E-state index is 6.03. The molecular formula is C16H22Cl2N4O. The van der Waals surface area contributed by atoms with Gasteiger partial charge in [-0.2, -0.15) is 4.98 Å². The summed E-state index contributed by atoms with van der Waals surface area (Å²) in [5, 5.41) is 4.72. The Kier molecular flexibility index (Phi) is 6.41. The summed E-state index contributed by atoms with van der Waals surface area (Å²) in [4.78, 5) is 6.82. The molecule has 1 fully saturated rings. The smallest absolute Gasteiger partial charge is 0.241 e. The first-order valence-corrected chi connectivity index (χ1v) is 8.06. The first-order chi connectivity index (χ1) is 10.6. The minimum Gasteiger partial charge on any atom is -0.338 e. The Morgan fingerprint density at radius 3 is 3.04 bits per heavy atom. The Morgan fingerprint density at radius 1 is 1.48 bits per heavy atom. The van der Waals surface area contributed by atoms with Gasteiger partial charge in [0.1, 0.15) is 0 Å². The quantitative estimate of drug-likeness (QED) is 0.909. The fraction of sp³-hybridized carbons (Fsp3) is 0.500. The molecule has 0 bridgehead atoms. The van der Waals surface area contributed by atoms with Crippen LogP contribution in [0.15, 0.2) is 28.8 Å². The van der Waals surface area contributed by atoms with Crippen LogP contribution in [0, 0.1) is 5.92 Å². The van der Waals surface area contributed by atoms with Gasteiger partial charge in [0.05, 0.1) is 6.54 Å². The molecule has 0 aliphatic carbocycles. The van der Waals surface area contributed by atoms with E-state index in [1.807, 2.05) is 24.3 Å². The summed E-state index contributed by atoms with van der Waals surface area (Å²) < 4.78 is 5.38. The van der Waals surface area contributed by atoms with Crippen molar-refractivity contribution in [3.63, 3.8) is 0 Å². The number of hydrogen-bond acceptors (Lipinski definition) is 5. The Hall–Kier alpha value is -1.14. The topological polar surface area (TPSA) is 68.2 Å². The van der Waals surface area contributed by atoms with Crippen molar-refractivity contribution in [1.29, 1.82) is 0 Å². The molecule has 1 saturated heterocycles. The van der Waals surface area contributed by atoms with Gasteiger partial charge in [0.25, 0.3) is 0 Å². The van der Waals surface area contributed by atoms with Crippen molar-refractivity contribution in [3.8, 4) is 11.4 Å². The molecule has 23 heavy (non-hydrogen) atoms. The number of benzene rings is 1. The highest BCUT2D eigenvalue weighted by Crippen LogP contribution is 2.22. The third-order valence-electron chi connectivity index (χ3n) is 4.20. The van der Waals surface area contributed by atoms with Crippen molar-refractivity contribution in [2.45, 2.75) is 32.4 Å². The van der Waals surface area contributed by atoms with Gasteiger partial charge in [-0.05, 0) is 44.4 Å². The fourth-order valence-electron chi connectivity index (χ4n) is 2.92. The molecule has 0 amide bonds. The first kappa shape index (κ1) is 18.2. The highest BCUT2D eigenvalue weighted by atomic mass is 35.5. The lowest BCUT2D eigenvalue weighted by molar-refractivity contribution is 0.139. The number of hydrogen-bond donors (Lipinski definition) is 1. The zero-order valence-corrected chi connectivity index (χ0v) is 14.7. The first-order valence-electron chi connectivity index (χ1n) is 7.68. The van der Waals surface area contributed by atoms with Crippen molar-refractivity contribution >= 4 is 24.0 Å². The van der Waals surface area contributed by atoms with Gasteiger partial charge in [-0.3, -0.25) is 4.90 Å². The highest BCUT2D eigenvalue weighted by molar-refractivity contribution is 6.30. The molecule has 2 heterocycles. The second-order valence-corrected chi connectivity index (χ2v) is 6.46. The molecule has 2 aromatic rings. The molecule has 2 N–H and O–H groups in total. The van der Waals surface area contributed by atoms with E-state index < -0.39 is 0 Å². The minimum atomic E-state index is 0. The fourth-order valence-corrected chi connectivity index (χ4v) is 3.11. The van der Waals surface area contributed by atoms with Gasteiger partial charge >= 0.3 is 0 Å². The summed E-state index contributed by atoms with van der Waals surface area (Å²) in [6.45, 7) is 4.81. The molecule has 2 atom stereocenters. The number of likely N-dealkylation sites (tertiary alicyclic amines) is 1. The van der Waals surface area contributed by atoms with E-state index in [-0.39, 0.29) is 18.4 Å². The number of piperidine rings is 1. The van der Waals surface area contributed by atoms with Crippen LogP contribution in [0.4, 0.5) is 0 Å². The lowest BCUT2D eigenvalue weighted by Gasteiger charge is -2.33. The number of nitrogens with zero attached hydrogens (tertiary/aromatic N) is 3.